The van der Waals surface area contributed by atoms with Crippen LogP contribution in [0.25, 0.3) is 21.9 Å². The molecule has 2 aromatic heterocycles. The fourth-order valence-electron chi connectivity index (χ4n) is 4.14. The van der Waals surface area contributed by atoms with Crippen molar-refractivity contribution in [1.29, 1.82) is 0 Å². The Balaban J connectivity index is 2.00. The third-order valence-electron chi connectivity index (χ3n) is 5.63. The highest BCUT2D eigenvalue weighted by molar-refractivity contribution is 6.06. The average molecular weight is 368 g/mol. The molecule has 4 rings (SSSR count). The number of aliphatic carboxylic acids is 1. The van der Waals surface area contributed by atoms with Crippen molar-refractivity contribution in [2.75, 3.05) is 5.73 Å². The number of rotatable bonds is 4. The number of pyridine rings is 1. The van der Waals surface area contributed by atoms with Gasteiger partial charge < -0.3 is 20.5 Å². The molecule has 2 heterocycles. The standard InChI is InChI=1S/C20H24N4O3/c1-12(19(25)26)18-23-15-16(13-7-3-4-8-14(13)22-17(15)21)24(18)11-20(27)9-5-2-6-10-20/h3-4,7-8,12,27H,2,5-6,9-11H2,1H3,(H2,21,22)(H,25,26). The molecule has 7 heteroatoms. The first-order valence-electron chi connectivity index (χ1n) is 9.39. The predicted octanol–water partition coefficient (Wildman–Crippen LogP) is 3.05. The molecule has 27 heavy (non-hydrogen) atoms. The number of nitrogens with zero attached hydrogens (tertiary/aromatic N) is 3. The van der Waals surface area contributed by atoms with E-state index in [1.54, 1.807) is 6.92 Å². The molecular formula is C20H24N4O3. The number of benzene rings is 1. The lowest BCUT2D eigenvalue weighted by molar-refractivity contribution is -0.138. The van der Waals surface area contributed by atoms with Gasteiger partial charge >= 0.3 is 5.97 Å². The number of hydrogen-bond acceptors (Lipinski definition) is 5. The number of fused-ring (bicyclic) bond motifs is 3. The van der Waals surface area contributed by atoms with Crippen LogP contribution < -0.4 is 5.73 Å². The van der Waals surface area contributed by atoms with E-state index in [-0.39, 0.29) is 5.82 Å². The van der Waals surface area contributed by atoms with E-state index < -0.39 is 17.5 Å². The average Bonchev–Trinajstić information content (AvgIpc) is 3.01. The van der Waals surface area contributed by atoms with Crippen molar-refractivity contribution in [1.82, 2.24) is 14.5 Å². The van der Waals surface area contributed by atoms with Crippen LogP contribution in [0.3, 0.4) is 0 Å². The van der Waals surface area contributed by atoms with Crippen molar-refractivity contribution in [3.8, 4) is 0 Å². The number of nitrogen functional groups attached to an aromatic ring is 1. The largest absolute Gasteiger partial charge is 0.481 e. The molecule has 0 aliphatic heterocycles. The molecule has 0 radical (unpaired) electrons. The van der Waals surface area contributed by atoms with Crippen LogP contribution in [-0.4, -0.2) is 36.3 Å². The maximum Gasteiger partial charge on any atom is 0.313 e. The normalized spacial score (nSPS) is 18.0. The van der Waals surface area contributed by atoms with Gasteiger partial charge in [0.1, 0.15) is 17.3 Å². The highest BCUT2D eigenvalue weighted by Gasteiger charge is 2.33. The van der Waals surface area contributed by atoms with Gasteiger partial charge in [-0.15, -0.1) is 0 Å². The molecule has 1 saturated carbocycles. The summed E-state index contributed by atoms with van der Waals surface area (Å²) in [5, 5.41) is 21.6. The number of para-hydroxylation sites is 1. The summed E-state index contributed by atoms with van der Waals surface area (Å²) in [4.78, 5) is 20.7. The van der Waals surface area contributed by atoms with Gasteiger partial charge in [-0.25, -0.2) is 9.97 Å². The first kappa shape index (κ1) is 17.7. The molecule has 7 nitrogen and oxygen atoms in total. The molecule has 0 bridgehead atoms. The smallest absolute Gasteiger partial charge is 0.313 e. The van der Waals surface area contributed by atoms with Crippen molar-refractivity contribution in [3.63, 3.8) is 0 Å². The zero-order chi connectivity index (χ0) is 19.2. The monoisotopic (exact) mass is 368 g/mol. The van der Waals surface area contributed by atoms with Gasteiger partial charge in [0.25, 0.3) is 0 Å². The molecule has 1 aromatic carbocycles. The van der Waals surface area contributed by atoms with Crippen LogP contribution in [0, 0.1) is 0 Å². The maximum atomic E-state index is 11.7. The van der Waals surface area contributed by atoms with Gasteiger partial charge in [-0.3, -0.25) is 4.79 Å². The van der Waals surface area contributed by atoms with Gasteiger partial charge in [-0.2, -0.15) is 0 Å². The Morgan fingerprint density at radius 2 is 1.96 bits per heavy atom. The van der Waals surface area contributed by atoms with E-state index in [0.29, 0.717) is 30.7 Å². The minimum atomic E-state index is -0.960. The van der Waals surface area contributed by atoms with Crippen molar-refractivity contribution in [2.24, 2.45) is 0 Å². The van der Waals surface area contributed by atoms with Crippen LogP contribution in [-0.2, 0) is 11.3 Å². The van der Waals surface area contributed by atoms with E-state index in [1.807, 2.05) is 28.8 Å². The molecule has 3 aromatic rings. The van der Waals surface area contributed by atoms with E-state index >= 15 is 0 Å². The second-order valence-electron chi connectivity index (χ2n) is 7.61. The van der Waals surface area contributed by atoms with Crippen LogP contribution in [0.5, 0.6) is 0 Å². The second-order valence-corrected chi connectivity index (χ2v) is 7.61. The number of aromatic nitrogens is 3. The molecule has 1 unspecified atom stereocenters. The molecule has 4 N–H and O–H groups in total. The topological polar surface area (TPSA) is 114 Å². The van der Waals surface area contributed by atoms with Crippen LogP contribution >= 0.6 is 0 Å². The van der Waals surface area contributed by atoms with E-state index in [0.717, 1.165) is 35.7 Å². The summed E-state index contributed by atoms with van der Waals surface area (Å²) in [6.45, 7) is 1.92. The first-order valence-corrected chi connectivity index (χ1v) is 9.39. The van der Waals surface area contributed by atoms with Gasteiger partial charge in [0.15, 0.2) is 5.82 Å². The Kier molecular flexibility index (Phi) is 4.26. The van der Waals surface area contributed by atoms with Gasteiger partial charge in [0.05, 0.1) is 23.2 Å². The van der Waals surface area contributed by atoms with E-state index in [4.69, 9.17) is 5.73 Å². The zero-order valence-corrected chi connectivity index (χ0v) is 15.4. The summed E-state index contributed by atoms with van der Waals surface area (Å²) < 4.78 is 1.86. The Labute approximate surface area is 156 Å². The lowest BCUT2D eigenvalue weighted by Gasteiger charge is -2.33. The highest BCUT2D eigenvalue weighted by Crippen LogP contribution is 2.35. The number of carboxylic acid groups (broad SMARTS) is 1. The number of imidazole rings is 1. The number of carbonyl (C=O) groups is 1. The molecular weight excluding hydrogens is 344 g/mol. The number of aliphatic hydroxyl groups is 1. The molecule has 1 aliphatic rings. The molecule has 1 aliphatic carbocycles. The van der Waals surface area contributed by atoms with E-state index in [2.05, 4.69) is 9.97 Å². The fraction of sp³-hybridized carbons (Fsp3) is 0.450. The Hall–Kier alpha value is -2.67. The van der Waals surface area contributed by atoms with Crippen LogP contribution in [0.1, 0.15) is 50.8 Å². The summed E-state index contributed by atoms with van der Waals surface area (Å²) in [6.07, 6.45) is 4.46. The predicted molar refractivity (Wildman–Crippen MR) is 104 cm³/mol. The molecule has 0 spiro atoms. The summed E-state index contributed by atoms with van der Waals surface area (Å²) in [5.41, 5.74) is 7.26. The number of carboxylic acids is 1. The lowest BCUT2D eigenvalue weighted by atomic mass is 9.84. The Morgan fingerprint density at radius 1 is 1.26 bits per heavy atom. The zero-order valence-electron chi connectivity index (χ0n) is 15.4. The molecule has 1 fully saturated rings. The quantitative estimate of drug-likeness (QED) is 0.652. The van der Waals surface area contributed by atoms with Crippen molar-refractivity contribution in [2.45, 2.75) is 57.1 Å². The number of nitrogens with two attached hydrogens (primary N) is 1. The summed E-state index contributed by atoms with van der Waals surface area (Å²) in [6, 6.07) is 7.60. The van der Waals surface area contributed by atoms with Gasteiger partial charge in [0, 0.05) is 5.39 Å². The SMILES string of the molecule is CC(C(=O)O)c1nc2c(N)nc3ccccc3c2n1CC1(O)CCCCC1. The Bertz CT molecular complexity index is 1020. The molecule has 142 valence electrons. The third-order valence-corrected chi connectivity index (χ3v) is 5.63. The minimum Gasteiger partial charge on any atom is -0.481 e. The summed E-state index contributed by atoms with van der Waals surface area (Å²) in [5.74, 6) is -1.10. The van der Waals surface area contributed by atoms with Gasteiger partial charge in [0.2, 0.25) is 0 Å². The van der Waals surface area contributed by atoms with Crippen LogP contribution in [0.2, 0.25) is 0 Å². The highest BCUT2D eigenvalue weighted by atomic mass is 16.4. The molecule has 0 amide bonds. The van der Waals surface area contributed by atoms with Crippen molar-refractivity contribution in [3.05, 3.63) is 30.1 Å². The van der Waals surface area contributed by atoms with Crippen molar-refractivity contribution < 1.29 is 15.0 Å². The number of hydrogen-bond donors (Lipinski definition) is 3. The third kappa shape index (κ3) is 3.02. The molecule has 1 atom stereocenters. The van der Waals surface area contributed by atoms with E-state index in [1.165, 1.54) is 0 Å². The second kappa shape index (κ2) is 6.49. The molecule has 0 saturated heterocycles. The first-order chi connectivity index (χ1) is 12.9. The van der Waals surface area contributed by atoms with Crippen LogP contribution in [0.15, 0.2) is 24.3 Å². The van der Waals surface area contributed by atoms with Crippen LogP contribution in [0.4, 0.5) is 5.82 Å². The fourth-order valence-corrected chi connectivity index (χ4v) is 4.14. The van der Waals surface area contributed by atoms with Crippen molar-refractivity contribution >= 4 is 33.7 Å². The summed E-state index contributed by atoms with van der Waals surface area (Å²) >= 11 is 0. The lowest BCUT2D eigenvalue weighted by Crippen LogP contribution is -2.37. The summed E-state index contributed by atoms with van der Waals surface area (Å²) in [7, 11) is 0. The van der Waals surface area contributed by atoms with E-state index in [9.17, 15) is 15.0 Å². The minimum absolute atomic E-state index is 0.275. The maximum absolute atomic E-state index is 11.7. The van der Waals surface area contributed by atoms with Gasteiger partial charge in [-0.05, 0) is 25.8 Å². The Morgan fingerprint density at radius 3 is 2.67 bits per heavy atom. The number of anilines is 1. The van der Waals surface area contributed by atoms with Gasteiger partial charge in [-0.1, -0.05) is 37.5 Å².